The van der Waals surface area contributed by atoms with E-state index in [-0.39, 0.29) is 24.7 Å². The second-order valence-electron chi connectivity index (χ2n) is 7.02. The number of aromatic nitrogens is 4. The number of aliphatic hydroxyl groups excluding tert-OH is 1. The third-order valence-electron chi connectivity index (χ3n) is 4.67. The van der Waals surface area contributed by atoms with Crippen LogP contribution >= 0.6 is 0 Å². The van der Waals surface area contributed by atoms with E-state index in [1.54, 1.807) is 24.8 Å². The summed E-state index contributed by atoms with van der Waals surface area (Å²) in [5, 5.41) is 23.9. The molecule has 0 aliphatic carbocycles. The van der Waals surface area contributed by atoms with Crippen LogP contribution < -0.4 is 5.32 Å². The van der Waals surface area contributed by atoms with E-state index >= 15 is 0 Å². The lowest BCUT2D eigenvalue weighted by molar-refractivity contribution is 0.0922. The molecule has 1 amide bonds. The van der Waals surface area contributed by atoms with Crippen LogP contribution in [0.1, 0.15) is 41.7 Å². The number of rotatable bonds is 7. The first kappa shape index (κ1) is 20.6. The molecule has 1 heterocycles. The molecular weight excluding hydrogens is 370 g/mol. The first-order valence-electron chi connectivity index (χ1n) is 9.38. The first-order chi connectivity index (χ1) is 13.9. The van der Waals surface area contributed by atoms with Crippen molar-refractivity contribution in [1.82, 2.24) is 25.5 Å². The third kappa shape index (κ3) is 4.67. The number of nitrogens with one attached hydrogen (secondary N) is 1. The number of aliphatic hydroxyl groups is 1. The van der Waals surface area contributed by atoms with Gasteiger partial charge in [-0.15, -0.1) is 5.10 Å². The number of hydrogen-bond donors (Lipinski definition) is 2. The lowest BCUT2D eigenvalue weighted by Crippen LogP contribution is -2.35. The number of benzene rings is 2. The molecule has 0 saturated heterocycles. The minimum atomic E-state index is -0.355. The van der Waals surface area contributed by atoms with Crippen LogP contribution in [0, 0.1) is 6.92 Å². The molecule has 0 fully saturated rings. The second-order valence-corrected chi connectivity index (χ2v) is 7.02. The standard InChI is InChI=1S/C21H25N5O3/c1-13-5-7-16(8-6-13)17-9-18(21(28)22-14(2)12-27)11-19(10-17)26-20(15(3)29-4)23-24-25-26/h5-11,14-15,27H,12H2,1-4H3,(H,22,28)/t14-,15-/m0/s1. The number of carbonyl (C=O) groups is 1. The molecule has 8 nitrogen and oxygen atoms in total. The molecule has 2 aromatic carbocycles. The molecule has 2 N–H and O–H groups in total. The average Bonchev–Trinajstić information content (AvgIpc) is 3.23. The monoisotopic (exact) mass is 395 g/mol. The molecule has 0 unspecified atom stereocenters. The van der Waals surface area contributed by atoms with Crippen LogP contribution in [-0.4, -0.2) is 51.0 Å². The largest absolute Gasteiger partial charge is 0.394 e. The van der Waals surface area contributed by atoms with E-state index in [2.05, 4.69) is 20.8 Å². The first-order valence-corrected chi connectivity index (χ1v) is 9.38. The number of methoxy groups -OCH3 is 1. The van der Waals surface area contributed by atoms with Crippen LogP contribution in [0.3, 0.4) is 0 Å². The van der Waals surface area contributed by atoms with E-state index in [0.29, 0.717) is 17.1 Å². The molecule has 3 rings (SSSR count). The fourth-order valence-corrected chi connectivity index (χ4v) is 2.87. The molecule has 29 heavy (non-hydrogen) atoms. The van der Waals surface area contributed by atoms with Gasteiger partial charge in [-0.25, -0.2) is 0 Å². The number of nitrogens with zero attached hydrogens (tertiary/aromatic N) is 4. The number of hydrogen-bond acceptors (Lipinski definition) is 6. The molecule has 0 spiro atoms. The van der Waals surface area contributed by atoms with Crippen molar-refractivity contribution in [2.45, 2.75) is 32.9 Å². The summed E-state index contributed by atoms with van der Waals surface area (Å²) in [6.45, 7) is 5.47. The van der Waals surface area contributed by atoms with Gasteiger partial charge in [-0.05, 0) is 60.5 Å². The van der Waals surface area contributed by atoms with Gasteiger partial charge >= 0.3 is 0 Å². The fourth-order valence-electron chi connectivity index (χ4n) is 2.87. The molecule has 1 aromatic heterocycles. The lowest BCUT2D eigenvalue weighted by atomic mass is 10.0. The molecular formula is C21H25N5O3. The molecule has 3 aromatic rings. The van der Waals surface area contributed by atoms with Crippen molar-refractivity contribution in [2.24, 2.45) is 0 Å². The quantitative estimate of drug-likeness (QED) is 0.637. The highest BCUT2D eigenvalue weighted by atomic mass is 16.5. The topological polar surface area (TPSA) is 102 Å². The van der Waals surface area contributed by atoms with Gasteiger partial charge in [-0.3, -0.25) is 4.79 Å². The molecule has 0 radical (unpaired) electrons. The van der Waals surface area contributed by atoms with E-state index in [0.717, 1.165) is 16.7 Å². The number of ether oxygens (including phenoxy) is 1. The van der Waals surface area contributed by atoms with Crippen LogP contribution in [0.4, 0.5) is 0 Å². The van der Waals surface area contributed by atoms with E-state index in [9.17, 15) is 9.90 Å². The molecule has 2 atom stereocenters. The minimum Gasteiger partial charge on any atom is -0.394 e. The predicted octanol–water partition coefficient (Wildman–Crippen LogP) is 2.46. The van der Waals surface area contributed by atoms with E-state index < -0.39 is 0 Å². The Balaban J connectivity index is 2.12. The molecule has 0 saturated carbocycles. The highest BCUT2D eigenvalue weighted by Gasteiger charge is 2.18. The molecule has 152 valence electrons. The highest BCUT2D eigenvalue weighted by Crippen LogP contribution is 2.26. The maximum atomic E-state index is 12.7. The van der Waals surface area contributed by atoms with Gasteiger partial charge < -0.3 is 15.2 Å². The summed E-state index contributed by atoms with van der Waals surface area (Å²) >= 11 is 0. The Morgan fingerprint density at radius 2 is 1.90 bits per heavy atom. The Labute approximate surface area is 169 Å². The smallest absolute Gasteiger partial charge is 0.251 e. The van der Waals surface area contributed by atoms with Crippen LogP contribution in [0.2, 0.25) is 0 Å². The Hall–Kier alpha value is -3.10. The number of amides is 1. The Kier molecular flexibility index (Phi) is 6.36. The van der Waals surface area contributed by atoms with Crippen molar-refractivity contribution in [3.63, 3.8) is 0 Å². The number of aryl methyl sites for hydroxylation is 1. The second kappa shape index (κ2) is 8.93. The zero-order chi connectivity index (χ0) is 21.0. The van der Waals surface area contributed by atoms with Crippen molar-refractivity contribution in [3.05, 3.63) is 59.4 Å². The van der Waals surface area contributed by atoms with Crippen molar-refractivity contribution in [2.75, 3.05) is 13.7 Å². The summed E-state index contributed by atoms with van der Waals surface area (Å²) in [6.07, 6.45) is -0.320. The van der Waals surface area contributed by atoms with Crippen LogP contribution in [0.15, 0.2) is 42.5 Å². The lowest BCUT2D eigenvalue weighted by Gasteiger charge is -2.15. The normalized spacial score (nSPS) is 13.1. The zero-order valence-electron chi connectivity index (χ0n) is 17.0. The van der Waals surface area contributed by atoms with Gasteiger partial charge in [0.05, 0.1) is 12.3 Å². The highest BCUT2D eigenvalue weighted by molar-refractivity contribution is 5.96. The molecule has 0 aliphatic rings. The van der Waals surface area contributed by atoms with Gasteiger partial charge in [0.25, 0.3) is 5.91 Å². The van der Waals surface area contributed by atoms with Crippen LogP contribution in [0.25, 0.3) is 16.8 Å². The maximum absolute atomic E-state index is 12.7. The van der Waals surface area contributed by atoms with Crippen LogP contribution in [0.5, 0.6) is 0 Å². The average molecular weight is 395 g/mol. The van der Waals surface area contributed by atoms with Gasteiger partial charge in [0.1, 0.15) is 6.10 Å². The molecule has 0 bridgehead atoms. The van der Waals surface area contributed by atoms with E-state index in [1.807, 2.05) is 50.2 Å². The number of carbonyl (C=O) groups excluding carboxylic acids is 1. The SMILES string of the molecule is CO[C@@H](C)c1nnnn1-c1cc(C(=O)N[C@@H](C)CO)cc(-c2ccc(C)cc2)c1. The predicted molar refractivity (Wildman–Crippen MR) is 109 cm³/mol. The van der Waals surface area contributed by atoms with Gasteiger partial charge in [-0.1, -0.05) is 29.8 Å². The van der Waals surface area contributed by atoms with Crippen molar-refractivity contribution >= 4 is 5.91 Å². The summed E-state index contributed by atoms with van der Waals surface area (Å²) in [5.41, 5.74) is 4.07. The van der Waals surface area contributed by atoms with Crippen LogP contribution in [-0.2, 0) is 4.74 Å². The van der Waals surface area contributed by atoms with Gasteiger partial charge in [0, 0.05) is 18.7 Å². The summed E-state index contributed by atoms with van der Waals surface area (Å²) in [7, 11) is 1.58. The van der Waals surface area contributed by atoms with Gasteiger partial charge in [0.15, 0.2) is 5.82 Å². The third-order valence-corrected chi connectivity index (χ3v) is 4.67. The Morgan fingerprint density at radius 3 is 2.55 bits per heavy atom. The zero-order valence-corrected chi connectivity index (χ0v) is 17.0. The Morgan fingerprint density at radius 1 is 1.17 bits per heavy atom. The van der Waals surface area contributed by atoms with Crippen molar-refractivity contribution < 1.29 is 14.6 Å². The molecule has 8 heteroatoms. The van der Waals surface area contributed by atoms with Gasteiger partial charge in [-0.2, -0.15) is 4.68 Å². The van der Waals surface area contributed by atoms with Gasteiger partial charge in [0.2, 0.25) is 0 Å². The summed E-state index contributed by atoms with van der Waals surface area (Å²) in [5.74, 6) is 0.250. The van der Waals surface area contributed by atoms with Crippen molar-refractivity contribution in [1.29, 1.82) is 0 Å². The van der Waals surface area contributed by atoms with Crippen molar-refractivity contribution in [3.8, 4) is 16.8 Å². The van der Waals surface area contributed by atoms with E-state index in [1.165, 1.54) is 0 Å². The maximum Gasteiger partial charge on any atom is 0.251 e. The summed E-state index contributed by atoms with van der Waals surface area (Å²) in [4.78, 5) is 12.7. The summed E-state index contributed by atoms with van der Waals surface area (Å²) in [6, 6.07) is 13.2. The van der Waals surface area contributed by atoms with E-state index in [4.69, 9.17) is 4.74 Å². The number of tetrazole rings is 1. The Bertz CT molecular complexity index is 984. The fraction of sp³-hybridized carbons (Fsp3) is 0.333. The minimum absolute atomic E-state index is 0.140. The molecule has 0 aliphatic heterocycles. The summed E-state index contributed by atoms with van der Waals surface area (Å²) < 4.78 is 6.93.